The van der Waals surface area contributed by atoms with E-state index in [4.69, 9.17) is 5.11 Å². The van der Waals surface area contributed by atoms with Gasteiger partial charge in [0.1, 0.15) is 11.3 Å². The number of aromatic hydroxyl groups is 1. The highest BCUT2D eigenvalue weighted by Gasteiger charge is 2.19. The molecule has 0 fully saturated rings. The number of phenols is 1. The van der Waals surface area contributed by atoms with E-state index in [1.165, 1.54) is 0 Å². The van der Waals surface area contributed by atoms with Gasteiger partial charge in [0.15, 0.2) is 0 Å². The monoisotopic (exact) mass is 321 g/mol. The zero-order valence-corrected chi connectivity index (χ0v) is 12.8. The first-order valence-electron chi connectivity index (χ1n) is 6.37. The van der Waals surface area contributed by atoms with Crippen molar-refractivity contribution < 1.29 is 23.4 Å². The van der Waals surface area contributed by atoms with Crippen LogP contribution >= 0.6 is 0 Å². The third-order valence-corrected chi connectivity index (χ3v) is 4.65. The number of rotatable bonds is 4. The third-order valence-electron chi connectivity index (χ3n) is 3.27. The molecule has 0 amide bonds. The number of carbonyl (C=O) groups is 1. The smallest absolute Gasteiger partial charge is 0.339 e. The minimum atomic E-state index is -3.94. The van der Waals surface area contributed by atoms with Gasteiger partial charge in [0.25, 0.3) is 10.0 Å². The number of benzene rings is 2. The molecule has 22 heavy (non-hydrogen) atoms. The van der Waals surface area contributed by atoms with Crippen LogP contribution in [0.3, 0.4) is 0 Å². The molecule has 0 heterocycles. The van der Waals surface area contributed by atoms with E-state index in [2.05, 4.69) is 4.72 Å². The lowest BCUT2D eigenvalue weighted by atomic mass is 10.1. The molecule has 0 aromatic heterocycles. The summed E-state index contributed by atoms with van der Waals surface area (Å²) in [6.45, 7) is 3.77. The molecule has 0 atom stereocenters. The number of anilines is 1. The van der Waals surface area contributed by atoms with Crippen molar-refractivity contribution in [1.29, 1.82) is 0 Å². The summed E-state index contributed by atoms with van der Waals surface area (Å²) in [6, 6.07) is 8.20. The SMILES string of the molecule is Cc1ccc(NS(=O)(=O)c2ccc(O)c(C(=O)O)c2)cc1C. The molecule has 0 saturated carbocycles. The summed E-state index contributed by atoms with van der Waals surface area (Å²) in [5.74, 6) is -1.89. The standard InChI is InChI=1S/C15H15NO5S/c1-9-3-4-11(7-10(9)2)16-22(20,21)12-5-6-14(17)13(8-12)15(18)19/h3-8,16-17H,1-2H3,(H,18,19). The quantitative estimate of drug-likeness (QED) is 0.802. The molecule has 2 aromatic carbocycles. The lowest BCUT2D eigenvalue weighted by Crippen LogP contribution is -2.14. The number of carboxylic acid groups (broad SMARTS) is 1. The van der Waals surface area contributed by atoms with E-state index in [1.54, 1.807) is 18.2 Å². The van der Waals surface area contributed by atoms with Crippen molar-refractivity contribution >= 4 is 21.7 Å². The molecule has 0 radical (unpaired) electrons. The lowest BCUT2D eigenvalue weighted by Gasteiger charge is -2.10. The van der Waals surface area contributed by atoms with Crippen LogP contribution in [-0.2, 0) is 10.0 Å². The molecule has 0 unspecified atom stereocenters. The average molecular weight is 321 g/mol. The first-order valence-corrected chi connectivity index (χ1v) is 7.85. The molecule has 0 bridgehead atoms. The van der Waals surface area contributed by atoms with Gasteiger partial charge in [0.05, 0.1) is 4.90 Å². The van der Waals surface area contributed by atoms with Crippen molar-refractivity contribution in [1.82, 2.24) is 0 Å². The average Bonchev–Trinajstić information content (AvgIpc) is 2.42. The van der Waals surface area contributed by atoms with Gasteiger partial charge in [-0.25, -0.2) is 13.2 Å². The summed E-state index contributed by atoms with van der Waals surface area (Å²) < 4.78 is 27.0. The highest BCUT2D eigenvalue weighted by atomic mass is 32.2. The Morgan fingerprint density at radius 1 is 1.05 bits per heavy atom. The summed E-state index contributed by atoms with van der Waals surface area (Å²) >= 11 is 0. The van der Waals surface area contributed by atoms with E-state index in [-0.39, 0.29) is 4.90 Å². The maximum absolute atomic E-state index is 12.3. The molecular formula is C15H15NO5S. The zero-order chi connectivity index (χ0) is 16.5. The number of nitrogens with one attached hydrogen (secondary N) is 1. The van der Waals surface area contributed by atoms with Crippen LogP contribution in [0.15, 0.2) is 41.3 Å². The van der Waals surface area contributed by atoms with Crippen LogP contribution in [0.1, 0.15) is 21.5 Å². The van der Waals surface area contributed by atoms with Gasteiger partial charge in [-0.15, -0.1) is 0 Å². The fraction of sp³-hybridized carbons (Fsp3) is 0.133. The van der Waals surface area contributed by atoms with Gasteiger partial charge >= 0.3 is 5.97 Å². The number of hydrogen-bond acceptors (Lipinski definition) is 4. The molecule has 7 heteroatoms. The van der Waals surface area contributed by atoms with Gasteiger partial charge in [-0.3, -0.25) is 4.72 Å². The predicted molar refractivity (Wildman–Crippen MR) is 81.8 cm³/mol. The highest BCUT2D eigenvalue weighted by molar-refractivity contribution is 7.92. The Morgan fingerprint density at radius 2 is 1.73 bits per heavy atom. The summed E-state index contributed by atoms with van der Waals surface area (Å²) in [5.41, 5.74) is 1.87. The molecule has 116 valence electrons. The van der Waals surface area contributed by atoms with Gasteiger partial charge in [-0.2, -0.15) is 0 Å². The molecule has 3 N–H and O–H groups in total. The van der Waals surface area contributed by atoms with E-state index in [1.807, 2.05) is 13.8 Å². The second-order valence-electron chi connectivity index (χ2n) is 4.89. The second-order valence-corrected chi connectivity index (χ2v) is 6.57. The van der Waals surface area contributed by atoms with E-state index < -0.39 is 27.3 Å². The van der Waals surface area contributed by atoms with Crippen molar-refractivity contribution in [2.75, 3.05) is 4.72 Å². The van der Waals surface area contributed by atoms with Crippen molar-refractivity contribution in [2.24, 2.45) is 0 Å². The Hall–Kier alpha value is -2.54. The van der Waals surface area contributed by atoms with Crippen molar-refractivity contribution in [3.05, 3.63) is 53.1 Å². The van der Waals surface area contributed by atoms with Crippen LogP contribution in [0.5, 0.6) is 5.75 Å². The third kappa shape index (κ3) is 3.20. The minimum absolute atomic E-state index is 0.235. The Labute approximate surface area is 128 Å². The number of aryl methyl sites for hydroxylation is 2. The van der Waals surface area contributed by atoms with Gasteiger partial charge in [0.2, 0.25) is 0 Å². The topological polar surface area (TPSA) is 104 Å². The van der Waals surface area contributed by atoms with E-state index >= 15 is 0 Å². The van der Waals surface area contributed by atoms with Crippen LogP contribution in [0.4, 0.5) is 5.69 Å². The molecule has 2 aromatic rings. The molecular weight excluding hydrogens is 306 g/mol. The van der Waals surface area contributed by atoms with Crippen LogP contribution in [0.2, 0.25) is 0 Å². The molecule has 0 aliphatic rings. The number of hydrogen-bond donors (Lipinski definition) is 3. The normalized spacial score (nSPS) is 11.2. The van der Waals surface area contributed by atoms with Crippen LogP contribution < -0.4 is 4.72 Å². The largest absolute Gasteiger partial charge is 0.507 e. The van der Waals surface area contributed by atoms with Crippen molar-refractivity contribution in [2.45, 2.75) is 18.7 Å². The van der Waals surface area contributed by atoms with Gasteiger partial charge in [-0.1, -0.05) is 6.07 Å². The Bertz CT molecular complexity index is 843. The van der Waals surface area contributed by atoms with E-state index in [0.717, 1.165) is 29.3 Å². The molecule has 6 nitrogen and oxygen atoms in total. The minimum Gasteiger partial charge on any atom is -0.507 e. The van der Waals surface area contributed by atoms with Gasteiger partial charge < -0.3 is 10.2 Å². The highest BCUT2D eigenvalue weighted by Crippen LogP contribution is 2.24. The fourth-order valence-electron chi connectivity index (χ4n) is 1.87. The predicted octanol–water partition coefficient (Wildman–Crippen LogP) is 2.51. The van der Waals surface area contributed by atoms with Crippen LogP contribution in [0.25, 0.3) is 0 Å². The van der Waals surface area contributed by atoms with Gasteiger partial charge in [-0.05, 0) is 55.3 Å². The van der Waals surface area contributed by atoms with Crippen LogP contribution in [-0.4, -0.2) is 24.6 Å². The Morgan fingerprint density at radius 3 is 2.32 bits per heavy atom. The van der Waals surface area contributed by atoms with E-state index in [0.29, 0.717) is 5.69 Å². The summed E-state index contributed by atoms with van der Waals surface area (Å²) in [6.07, 6.45) is 0. The first-order chi connectivity index (χ1) is 10.2. The maximum atomic E-state index is 12.3. The molecule has 2 rings (SSSR count). The number of carboxylic acids is 1. The first kappa shape index (κ1) is 15.8. The Balaban J connectivity index is 2.40. The van der Waals surface area contributed by atoms with Gasteiger partial charge in [0, 0.05) is 5.69 Å². The Kier molecular flexibility index (Phi) is 4.09. The van der Waals surface area contributed by atoms with E-state index in [9.17, 15) is 18.3 Å². The summed E-state index contributed by atoms with van der Waals surface area (Å²) in [4.78, 5) is 10.7. The molecule has 0 aliphatic carbocycles. The summed E-state index contributed by atoms with van der Waals surface area (Å²) in [7, 11) is -3.94. The summed E-state index contributed by atoms with van der Waals surface area (Å²) in [5, 5.41) is 18.4. The molecule has 0 aliphatic heterocycles. The lowest BCUT2D eigenvalue weighted by molar-refractivity contribution is 0.0693. The fourth-order valence-corrected chi connectivity index (χ4v) is 2.95. The molecule has 0 spiro atoms. The van der Waals surface area contributed by atoms with Crippen molar-refractivity contribution in [3.63, 3.8) is 0 Å². The maximum Gasteiger partial charge on any atom is 0.339 e. The molecule has 0 saturated heterocycles. The number of sulfonamides is 1. The second kappa shape index (κ2) is 5.69. The number of aromatic carboxylic acids is 1. The van der Waals surface area contributed by atoms with Crippen molar-refractivity contribution in [3.8, 4) is 5.75 Å². The zero-order valence-electron chi connectivity index (χ0n) is 12.0. The van der Waals surface area contributed by atoms with Crippen LogP contribution in [0, 0.1) is 13.8 Å².